The van der Waals surface area contributed by atoms with Crippen LogP contribution < -0.4 is 11.1 Å². The SMILES string of the molecule is C[C@H](OC(=O)CNC(=O)Cc1cccc2ccccc12)C(N)=O. The van der Waals surface area contributed by atoms with Gasteiger partial charge in [0.15, 0.2) is 6.10 Å². The van der Waals surface area contributed by atoms with E-state index in [1.165, 1.54) is 6.92 Å². The summed E-state index contributed by atoms with van der Waals surface area (Å²) in [5.41, 5.74) is 5.87. The Balaban J connectivity index is 1.92. The molecule has 6 heteroatoms. The number of primary amides is 1. The van der Waals surface area contributed by atoms with Gasteiger partial charge in [-0.15, -0.1) is 0 Å². The predicted molar refractivity (Wildman–Crippen MR) is 85.4 cm³/mol. The molecule has 2 rings (SSSR count). The minimum Gasteiger partial charge on any atom is -0.451 e. The molecule has 2 aromatic rings. The Kier molecular flexibility index (Phi) is 5.30. The standard InChI is InChI=1S/C17H18N2O4/c1-11(17(18)22)23-16(21)10-19-15(20)9-13-7-4-6-12-5-2-3-8-14(12)13/h2-8,11H,9-10H2,1H3,(H2,18,22)(H,19,20)/t11-/m0/s1. The van der Waals surface area contributed by atoms with E-state index in [9.17, 15) is 14.4 Å². The molecule has 23 heavy (non-hydrogen) atoms. The number of fused-ring (bicyclic) bond motifs is 1. The van der Waals surface area contributed by atoms with E-state index in [1.807, 2.05) is 42.5 Å². The average molecular weight is 314 g/mol. The molecule has 2 aromatic carbocycles. The van der Waals surface area contributed by atoms with E-state index in [0.29, 0.717) is 0 Å². The maximum Gasteiger partial charge on any atom is 0.326 e. The molecule has 0 spiro atoms. The molecular weight excluding hydrogens is 296 g/mol. The molecule has 0 aliphatic heterocycles. The number of benzene rings is 2. The molecule has 3 N–H and O–H groups in total. The van der Waals surface area contributed by atoms with Crippen LogP contribution >= 0.6 is 0 Å². The smallest absolute Gasteiger partial charge is 0.326 e. The maximum absolute atomic E-state index is 12.0. The van der Waals surface area contributed by atoms with Gasteiger partial charge in [0, 0.05) is 0 Å². The highest BCUT2D eigenvalue weighted by Gasteiger charge is 2.15. The first kappa shape index (κ1) is 16.5. The second-order valence-corrected chi connectivity index (χ2v) is 5.13. The van der Waals surface area contributed by atoms with Crippen molar-refractivity contribution in [1.82, 2.24) is 5.32 Å². The monoisotopic (exact) mass is 314 g/mol. The summed E-state index contributed by atoms with van der Waals surface area (Å²) >= 11 is 0. The number of rotatable bonds is 6. The molecule has 2 amide bonds. The number of nitrogens with two attached hydrogens (primary N) is 1. The van der Waals surface area contributed by atoms with Crippen LogP contribution in [0.4, 0.5) is 0 Å². The van der Waals surface area contributed by atoms with Crippen molar-refractivity contribution < 1.29 is 19.1 Å². The van der Waals surface area contributed by atoms with E-state index in [4.69, 9.17) is 10.5 Å². The average Bonchev–Trinajstić information content (AvgIpc) is 2.53. The Hall–Kier alpha value is -2.89. The fourth-order valence-electron chi connectivity index (χ4n) is 2.15. The predicted octanol–water partition coefficient (Wildman–Crippen LogP) is 0.915. The van der Waals surface area contributed by atoms with Gasteiger partial charge in [0.05, 0.1) is 6.42 Å². The van der Waals surface area contributed by atoms with Gasteiger partial charge in [0.2, 0.25) is 5.91 Å². The summed E-state index contributed by atoms with van der Waals surface area (Å²) in [6.07, 6.45) is -0.863. The van der Waals surface area contributed by atoms with Gasteiger partial charge in [-0.1, -0.05) is 42.5 Å². The molecule has 0 fully saturated rings. The summed E-state index contributed by atoms with van der Waals surface area (Å²) in [4.78, 5) is 34.2. The van der Waals surface area contributed by atoms with Crippen LogP contribution in [0.15, 0.2) is 42.5 Å². The van der Waals surface area contributed by atoms with Crippen molar-refractivity contribution in [2.45, 2.75) is 19.4 Å². The van der Waals surface area contributed by atoms with E-state index < -0.39 is 18.0 Å². The van der Waals surface area contributed by atoms with Gasteiger partial charge < -0.3 is 15.8 Å². The van der Waals surface area contributed by atoms with E-state index in [2.05, 4.69) is 5.32 Å². The van der Waals surface area contributed by atoms with Crippen LogP contribution in [-0.4, -0.2) is 30.4 Å². The normalized spacial score (nSPS) is 11.7. The molecular formula is C17H18N2O4. The zero-order valence-corrected chi connectivity index (χ0v) is 12.7. The van der Waals surface area contributed by atoms with Crippen molar-refractivity contribution in [2.75, 3.05) is 6.54 Å². The first-order valence-electron chi connectivity index (χ1n) is 7.19. The van der Waals surface area contributed by atoms with Gasteiger partial charge in [-0.25, -0.2) is 0 Å². The van der Waals surface area contributed by atoms with Crippen LogP contribution in [-0.2, 0) is 25.5 Å². The first-order valence-corrected chi connectivity index (χ1v) is 7.19. The molecule has 0 saturated carbocycles. The number of esters is 1. The molecule has 0 saturated heterocycles. The van der Waals surface area contributed by atoms with Crippen molar-refractivity contribution in [2.24, 2.45) is 5.73 Å². The lowest BCUT2D eigenvalue weighted by Gasteiger charge is -2.10. The minimum atomic E-state index is -1.02. The Labute approximate surface area is 133 Å². The molecule has 0 heterocycles. The third-order valence-electron chi connectivity index (χ3n) is 3.37. The van der Waals surface area contributed by atoms with E-state index >= 15 is 0 Å². The van der Waals surface area contributed by atoms with Crippen molar-refractivity contribution in [3.8, 4) is 0 Å². The van der Waals surface area contributed by atoms with Gasteiger partial charge >= 0.3 is 5.97 Å². The fourth-order valence-corrected chi connectivity index (χ4v) is 2.15. The van der Waals surface area contributed by atoms with Crippen LogP contribution in [0.3, 0.4) is 0 Å². The third-order valence-corrected chi connectivity index (χ3v) is 3.37. The Morgan fingerprint density at radius 2 is 1.83 bits per heavy atom. The molecule has 0 radical (unpaired) electrons. The summed E-state index contributed by atoms with van der Waals surface area (Å²) in [5, 5.41) is 4.52. The lowest BCUT2D eigenvalue weighted by molar-refractivity contribution is -0.153. The number of hydrogen-bond acceptors (Lipinski definition) is 4. The summed E-state index contributed by atoms with van der Waals surface area (Å²) in [5.74, 6) is -1.74. The molecule has 0 unspecified atom stereocenters. The minimum absolute atomic E-state index is 0.153. The highest BCUT2D eigenvalue weighted by atomic mass is 16.5. The van der Waals surface area contributed by atoms with Crippen LogP contribution in [0.5, 0.6) is 0 Å². The Morgan fingerprint density at radius 1 is 1.13 bits per heavy atom. The highest BCUT2D eigenvalue weighted by Crippen LogP contribution is 2.18. The van der Waals surface area contributed by atoms with Crippen LogP contribution in [0.1, 0.15) is 12.5 Å². The summed E-state index contributed by atoms with van der Waals surface area (Å²) in [6, 6.07) is 13.5. The van der Waals surface area contributed by atoms with Crippen LogP contribution in [0, 0.1) is 0 Å². The molecule has 0 aliphatic rings. The van der Waals surface area contributed by atoms with Gasteiger partial charge in [-0.2, -0.15) is 0 Å². The molecule has 0 aliphatic carbocycles. The third kappa shape index (κ3) is 4.54. The van der Waals surface area contributed by atoms with E-state index in [1.54, 1.807) is 0 Å². The fraction of sp³-hybridized carbons (Fsp3) is 0.235. The van der Waals surface area contributed by atoms with Crippen molar-refractivity contribution >= 4 is 28.6 Å². The number of carbonyl (C=O) groups excluding carboxylic acids is 3. The van der Waals surface area contributed by atoms with Gasteiger partial charge in [-0.3, -0.25) is 14.4 Å². The van der Waals surface area contributed by atoms with Gasteiger partial charge in [0.25, 0.3) is 5.91 Å². The van der Waals surface area contributed by atoms with Crippen molar-refractivity contribution in [3.63, 3.8) is 0 Å². The van der Waals surface area contributed by atoms with Crippen molar-refractivity contribution in [3.05, 3.63) is 48.0 Å². The molecule has 1 atom stereocenters. The zero-order chi connectivity index (χ0) is 16.8. The molecule has 0 aromatic heterocycles. The lowest BCUT2D eigenvalue weighted by atomic mass is 10.0. The Bertz CT molecular complexity index is 737. The number of carbonyl (C=O) groups is 3. The molecule has 0 bridgehead atoms. The van der Waals surface area contributed by atoms with Crippen LogP contribution in [0.2, 0.25) is 0 Å². The van der Waals surface area contributed by atoms with Gasteiger partial charge in [-0.05, 0) is 23.3 Å². The molecule has 6 nitrogen and oxygen atoms in total. The second-order valence-electron chi connectivity index (χ2n) is 5.13. The Morgan fingerprint density at radius 3 is 2.57 bits per heavy atom. The topological polar surface area (TPSA) is 98.5 Å². The zero-order valence-electron chi connectivity index (χ0n) is 12.7. The van der Waals surface area contributed by atoms with E-state index in [-0.39, 0.29) is 18.9 Å². The lowest BCUT2D eigenvalue weighted by Crippen LogP contribution is -2.36. The summed E-state index contributed by atoms with van der Waals surface area (Å²) in [6.45, 7) is 1.07. The number of ether oxygens (including phenoxy) is 1. The number of nitrogens with one attached hydrogen (secondary N) is 1. The highest BCUT2D eigenvalue weighted by molar-refractivity contribution is 5.91. The summed E-state index contributed by atoms with van der Waals surface area (Å²) < 4.78 is 4.75. The quantitative estimate of drug-likeness (QED) is 0.774. The molecule has 120 valence electrons. The first-order chi connectivity index (χ1) is 11.0. The summed E-state index contributed by atoms with van der Waals surface area (Å²) in [7, 11) is 0. The van der Waals surface area contributed by atoms with E-state index in [0.717, 1.165) is 16.3 Å². The van der Waals surface area contributed by atoms with Gasteiger partial charge in [0.1, 0.15) is 6.54 Å². The number of amides is 2. The second kappa shape index (κ2) is 7.40. The maximum atomic E-state index is 12.0. The van der Waals surface area contributed by atoms with Crippen LogP contribution in [0.25, 0.3) is 10.8 Å². The largest absolute Gasteiger partial charge is 0.451 e. The number of hydrogen-bond donors (Lipinski definition) is 2. The van der Waals surface area contributed by atoms with Crippen molar-refractivity contribution in [1.29, 1.82) is 0 Å².